The zero-order valence-corrected chi connectivity index (χ0v) is 38.5. The molecule has 0 saturated heterocycles. The van der Waals surface area contributed by atoms with E-state index in [1.807, 2.05) is 0 Å². The van der Waals surface area contributed by atoms with Gasteiger partial charge < -0.3 is 0 Å². The minimum absolute atomic E-state index is 0.119. The first-order valence-corrected chi connectivity index (χ1v) is 22.1. The monoisotopic (exact) mass is 806 g/mol. The zero-order chi connectivity index (χ0) is 44.0. The molecular weight excluding hydrogens is 745 g/mol. The van der Waals surface area contributed by atoms with Crippen LogP contribution in [0.2, 0.25) is 0 Å². The molecule has 0 heterocycles. The molecular formula is C62H62. The van der Waals surface area contributed by atoms with E-state index in [0.29, 0.717) is 0 Å². The molecule has 0 saturated carbocycles. The molecule has 0 N–H and O–H groups in total. The number of hydrogen-bond acceptors (Lipinski definition) is 0. The van der Waals surface area contributed by atoms with Crippen LogP contribution >= 0.6 is 0 Å². The molecule has 0 radical (unpaired) electrons. The van der Waals surface area contributed by atoms with E-state index in [0.717, 1.165) is 0 Å². The van der Waals surface area contributed by atoms with Crippen LogP contribution in [-0.2, 0) is 10.8 Å². The normalized spacial score (nSPS) is 12.7. The van der Waals surface area contributed by atoms with Gasteiger partial charge in [0.2, 0.25) is 0 Å². The van der Waals surface area contributed by atoms with Crippen molar-refractivity contribution in [1.82, 2.24) is 0 Å². The second-order valence-electron chi connectivity index (χ2n) is 18.8. The molecule has 0 heteroatoms. The lowest BCUT2D eigenvalue weighted by atomic mass is 9.85. The highest BCUT2D eigenvalue weighted by molar-refractivity contribution is 5.93. The van der Waals surface area contributed by atoms with Crippen LogP contribution in [0.5, 0.6) is 0 Å². The van der Waals surface area contributed by atoms with E-state index in [4.69, 9.17) is 0 Å². The number of hydrogen-bond donors (Lipinski definition) is 0. The lowest BCUT2D eigenvalue weighted by Crippen LogP contribution is -2.10. The van der Waals surface area contributed by atoms with Gasteiger partial charge in [-0.05, 0) is 151 Å². The van der Waals surface area contributed by atoms with Gasteiger partial charge in [0.15, 0.2) is 0 Å². The summed E-state index contributed by atoms with van der Waals surface area (Å²) in [5.41, 5.74) is 22.8. The van der Waals surface area contributed by atoms with Gasteiger partial charge in [-0.1, -0.05) is 224 Å². The van der Waals surface area contributed by atoms with E-state index in [1.54, 1.807) is 0 Å². The summed E-state index contributed by atoms with van der Waals surface area (Å²) < 4.78 is 0. The SMILES string of the molecule is Cc1c(C)c(/C=C/c2ccc(/C=C(\c3ccccc3)c3ccc(C(C)(C)C)cc3)cc2)c(C)c(C)c1/C=C/c1ccc(/C=C(/c2ccccc2)c2ccc(C(C)(C)C)cc2)cc1. The highest BCUT2D eigenvalue weighted by Gasteiger charge is 2.16. The lowest BCUT2D eigenvalue weighted by Gasteiger charge is -2.19. The van der Waals surface area contributed by atoms with Crippen molar-refractivity contribution >= 4 is 47.6 Å². The van der Waals surface area contributed by atoms with Crippen LogP contribution in [0.4, 0.5) is 0 Å². The fraction of sp³-hybridized carbons (Fsp3) is 0.194. The fourth-order valence-electron chi connectivity index (χ4n) is 8.17. The average Bonchev–Trinajstić information content (AvgIpc) is 3.27. The first-order valence-electron chi connectivity index (χ1n) is 22.1. The zero-order valence-electron chi connectivity index (χ0n) is 38.5. The molecule has 0 aromatic heterocycles. The Labute approximate surface area is 372 Å². The maximum atomic E-state index is 2.31. The molecule has 0 nitrogen and oxygen atoms in total. The summed E-state index contributed by atoms with van der Waals surface area (Å²) in [5, 5.41) is 0. The van der Waals surface area contributed by atoms with Gasteiger partial charge in [0.05, 0.1) is 0 Å². The molecule has 0 atom stereocenters. The minimum Gasteiger partial charge on any atom is -0.0622 e. The topological polar surface area (TPSA) is 0 Å². The van der Waals surface area contributed by atoms with Gasteiger partial charge in [-0.15, -0.1) is 0 Å². The van der Waals surface area contributed by atoms with Crippen LogP contribution in [-0.4, -0.2) is 0 Å². The molecule has 0 aliphatic carbocycles. The Kier molecular flexibility index (Phi) is 13.1. The number of rotatable bonds is 10. The third kappa shape index (κ3) is 10.3. The maximum absolute atomic E-state index is 2.31. The summed E-state index contributed by atoms with van der Waals surface area (Å²) in [6.07, 6.45) is 13.7. The molecule has 0 fully saturated rings. The summed E-state index contributed by atoms with van der Waals surface area (Å²) in [6, 6.07) is 57.3. The molecule has 7 aromatic carbocycles. The van der Waals surface area contributed by atoms with Crippen molar-refractivity contribution in [1.29, 1.82) is 0 Å². The van der Waals surface area contributed by atoms with Crippen LogP contribution in [0, 0.1) is 27.7 Å². The van der Waals surface area contributed by atoms with Gasteiger partial charge in [-0.2, -0.15) is 0 Å². The lowest BCUT2D eigenvalue weighted by molar-refractivity contribution is 0.590. The van der Waals surface area contributed by atoms with E-state index in [2.05, 4.69) is 263 Å². The predicted molar refractivity (Wildman–Crippen MR) is 273 cm³/mol. The molecule has 0 unspecified atom stereocenters. The van der Waals surface area contributed by atoms with Crippen LogP contribution in [0.1, 0.15) is 131 Å². The Morgan fingerprint density at radius 3 is 0.871 bits per heavy atom. The van der Waals surface area contributed by atoms with Crippen LogP contribution in [0.25, 0.3) is 47.6 Å². The van der Waals surface area contributed by atoms with E-state index < -0.39 is 0 Å². The second-order valence-corrected chi connectivity index (χ2v) is 18.8. The first-order chi connectivity index (χ1) is 29.7. The molecule has 0 aliphatic rings. The Morgan fingerprint density at radius 1 is 0.306 bits per heavy atom. The standard InChI is InChI=1S/C62H62/c1-43-44(2)58(40-30-48-23-27-50(28-24-48)42-60(52-19-15-12-16-20-52)54-33-37-56(38-34-54)62(8,9)10)46(4)45(3)57(43)39-29-47-21-25-49(26-22-47)41-59(51-17-13-11-14-18-51)53-31-35-55(36-32-53)61(5,6)7/h11-42H,1-10H3/b39-29+,40-30+,59-41-,60-42+. The molecule has 0 aliphatic heterocycles. The molecule has 0 spiro atoms. The van der Waals surface area contributed by atoms with E-state index >= 15 is 0 Å². The van der Waals surface area contributed by atoms with Crippen molar-refractivity contribution in [3.05, 3.63) is 247 Å². The summed E-state index contributed by atoms with van der Waals surface area (Å²) in [5.74, 6) is 0. The molecule has 62 heavy (non-hydrogen) atoms. The highest BCUT2D eigenvalue weighted by atomic mass is 14.2. The summed E-state index contributed by atoms with van der Waals surface area (Å²) in [6.45, 7) is 22.6. The summed E-state index contributed by atoms with van der Waals surface area (Å²) in [4.78, 5) is 0. The molecule has 310 valence electrons. The van der Waals surface area contributed by atoms with Gasteiger partial charge in [-0.25, -0.2) is 0 Å². The van der Waals surface area contributed by atoms with Crippen molar-refractivity contribution in [2.24, 2.45) is 0 Å². The van der Waals surface area contributed by atoms with Crippen LogP contribution < -0.4 is 0 Å². The third-order valence-electron chi connectivity index (χ3n) is 12.4. The van der Waals surface area contributed by atoms with E-state index in [9.17, 15) is 0 Å². The quantitative estimate of drug-likeness (QED) is 0.121. The van der Waals surface area contributed by atoms with Gasteiger partial charge in [-0.3, -0.25) is 0 Å². The highest BCUT2D eigenvalue weighted by Crippen LogP contribution is 2.33. The summed E-state index contributed by atoms with van der Waals surface area (Å²) in [7, 11) is 0. The molecule has 0 amide bonds. The number of benzene rings is 7. The second kappa shape index (κ2) is 18.6. The van der Waals surface area contributed by atoms with Crippen molar-refractivity contribution in [3.63, 3.8) is 0 Å². The van der Waals surface area contributed by atoms with Gasteiger partial charge in [0.25, 0.3) is 0 Å². The molecule has 0 bridgehead atoms. The van der Waals surface area contributed by atoms with Crippen molar-refractivity contribution in [2.75, 3.05) is 0 Å². The van der Waals surface area contributed by atoms with Gasteiger partial charge in [0.1, 0.15) is 0 Å². The summed E-state index contributed by atoms with van der Waals surface area (Å²) >= 11 is 0. The largest absolute Gasteiger partial charge is 0.0622 e. The molecule has 7 rings (SSSR count). The maximum Gasteiger partial charge on any atom is -0.0105 e. The average molecular weight is 807 g/mol. The minimum atomic E-state index is 0.119. The van der Waals surface area contributed by atoms with Crippen LogP contribution in [0.15, 0.2) is 158 Å². The predicted octanol–water partition coefficient (Wildman–Crippen LogP) is 17.0. The van der Waals surface area contributed by atoms with Crippen LogP contribution in [0.3, 0.4) is 0 Å². The van der Waals surface area contributed by atoms with Crippen molar-refractivity contribution < 1.29 is 0 Å². The van der Waals surface area contributed by atoms with Crippen molar-refractivity contribution in [2.45, 2.75) is 80.1 Å². The van der Waals surface area contributed by atoms with E-state index in [1.165, 1.54) is 100 Å². The van der Waals surface area contributed by atoms with Gasteiger partial charge in [0, 0.05) is 0 Å². The van der Waals surface area contributed by atoms with Gasteiger partial charge >= 0.3 is 0 Å². The Bertz CT molecular complexity index is 2510. The smallest absolute Gasteiger partial charge is 0.0105 e. The third-order valence-corrected chi connectivity index (χ3v) is 12.4. The van der Waals surface area contributed by atoms with Crippen molar-refractivity contribution in [3.8, 4) is 0 Å². The first kappa shape index (κ1) is 43.6. The Morgan fingerprint density at radius 2 is 0.581 bits per heavy atom. The Balaban J connectivity index is 1.09. The van der Waals surface area contributed by atoms with E-state index in [-0.39, 0.29) is 10.8 Å². The molecule has 7 aromatic rings. The fourth-order valence-corrected chi connectivity index (χ4v) is 8.17. The Hall–Kier alpha value is -6.50.